The zero-order valence-corrected chi connectivity index (χ0v) is 15.4. The monoisotopic (exact) mass is 360 g/mol. The van der Waals surface area contributed by atoms with Gasteiger partial charge in [0.15, 0.2) is 0 Å². The minimum Gasteiger partial charge on any atom is -0.362 e. The SMILES string of the molecule is CC(CC(=O)N1CCN(c2ccccc2[N+](=O)[O-])CC1)C1CCNCC1. The zero-order chi connectivity index (χ0) is 18.5. The zero-order valence-electron chi connectivity index (χ0n) is 15.4. The van der Waals surface area contributed by atoms with E-state index in [0.29, 0.717) is 50.1 Å². The molecule has 7 heteroatoms. The molecule has 0 aliphatic carbocycles. The summed E-state index contributed by atoms with van der Waals surface area (Å²) in [5.41, 5.74) is 0.777. The highest BCUT2D eigenvalue weighted by atomic mass is 16.6. The van der Waals surface area contributed by atoms with E-state index in [1.165, 1.54) is 6.07 Å². The van der Waals surface area contributed by atoms with Crippen LogP contribution in [0.1, 0.15) is 26.2 Å². The number of nitro groups is 1. The number of para-hydroxylation sites is 2. The highest BCUT2D eigenvalue weighted by Crippen LogP contribution is 2.29. The molecule has 1 aromatic carbocycles. The second-order valence-corrected chi connectivity index (χ2v) is 7.38. The highest BCUT2D eigenvalue weighted by molar-refractivity contribution is 5.77. The molecular formula is C19H28N4O3. The van der Waals surface area contributed by atoms with E-state index in [4.69, 9.17) is 0 Å². The molecule has 2 heterocycles. The van der Waals surface area contributed by atoms with E-state index < -0.39 is 0 Å². The van der Waals surface area contributed by atoms with Crippen LogP contribution in [-0.4, -0.2) is 55.0 Å². The van der Waals surface area contributed by atoms with Gasteiger partial charge in [0.2, 0.25) is 5.91 Å². The average Bonchev–Trinajstić information content (AvgIpc) is 2.68. The first-order valence-corrected chi connectivity index (χ1v) is 9.53. The number of nitrogens with one attached hydrogen (secondary N) is 1. The lowest BCUT2D eigenvalue weighted by Gasteiger charge is -2.37. The molecule has 26 heavy (non-hydrogen) atoms. The molecule has 2 aliphatic heterocycles. The molecule has 1 amide bonds. The van der Waals surface area contributed by atoms with Crippen LogP contribution in [0, 0.1) is 22.0 Å². The Kier molecular flexibility index (Phi) is 6.08. The van der Waals surface area contributed by atoms with Gasteiger partial charge in [0, 0.05) is 38.7 Å². The van der Waals surface area contributed by atoms with Crippen molar-refractivity contribution in [1.29, 1.82) is 0 Å². The van der Waals surface area contributed by atoms with Crippen LogP contribution in [-0.2, 0) is 4.79 Å². The molecule has 142 valence electrons. The third-order valence-corrected chi connectivity index (χ3v) is 5.74. The fraction of sp³-hybridized carbons (Fsp3) is 0.632. The number of hydrogen-bond donors (Lipinski definition) is 1. The van der Waals surface area contributed by atoms with Crippen molar-refractivity contribution in [2.24, 2.45) is 11.8 Å². The van der Waals surface area contributed by atoms with E-state index in [2.05, 4.69) is 12.2 Å². The van der Waals surface area contributed by atoms with Gasteiger partial charge >= 0.3 is 0 Å². The van der Waals surface area contributed by atoms with Crippen LogP contribution in [0.5, 0.6) is 0 Å². The van der Waals surface area contributed by atoms with Crippen LogP contribution in [0.15, 0.2) is 24.3 Å². The first-order valence-electron chi connectivity index (χ1n) is 9.53. The third-order valence-electron chi connectivity index (χ3n) is 5.74. The Labute approximate surface area is 154 Å². The number of piperazine rings is 1. The second-order valence-electron chi connectivity index (χ2n) is 7.38. The third kappa shape index (κ3) is 4.33. The number of benzene rings is 1. The molecule has 1 aromatic rings. The van der Waals surface area contributed by atoms with Crippen LogP contribution in [0.25, 0.3) is 0 Å². The Morgan fingerprint density at radius 1 is 1.23 bits per heavy atom. The molecule has 1 N–H and O–H groups in total. The Morgan fingerprint density at radius 2 is 1.88 bits per heavy atom. The molecule has 3 rings (SSSR count). The van der Waals surface area contributed by atoms with Gasteiger partial charge in [-0.15, -0.1) is 0 Å². The first kappa shape index (κ1) is 18.6. The number of carbonyl (C=O) groups excluding carboxylic acids is 1. The predicted molar refractivity (Wildman–Crippen MR) is 101 cm³/mol. The molecule has 0 bridgehead atoms. The van der Waals surface area contributed by atoms with Crippen LogP contribution in [0.4, 0.5) is 11.4 Å². The Bertz CT molecular complexity index is 637. The molecular weight excluding hydrogens is 332 g/mol. The maximum atomic E-state index is 12.7. The van der Waals surface area contributed by atoms with E-state index in [-0.39, 0.29) is 16.5 Å². The largest absolute Gasteiger partial charge is 0.362 e. The van der Waals surface area contributed by atoms with Gasteiger partial charge < -0.3 is 15.1 Å². The summed E-state index contributed by atoms with van der Waals surface area (Å²) in [6, 6.07) is 6.83. The van der Waals surface area contributed by atoms with Crippen molar-refractivity contribution >= 4 is 17.3 Å². The van der Waals surface area contributed by atoms with Crippen molar-refractivity contribution in [2.75, 3.05) is 44.2 Å². The molecule has 0 spiro atoms. The Hall–Kier alpha value is -2.15. The smallest absolute Gasteiger partial charge is 0.292 e. The summed E-state index contributed by atoms with van der Waals surface area (Å²) in [6.45, 7) is 6.83. The van der Waals surface area contributed by atoms with E-state index in [1.54, 1.807) is 12.1 Å². The molecule has 1 atom stereocenters. The molecule has 2 saturated heterocycles. The molecule has 0 saturated carbocycles. The van der Waals surface area contributed by atoms with Gasteiger partial charge in [0.05, 0.1) is 4.92 Å². The van der Waals surface area contributed by atoms with Gasteiger partial charge in [0.1, 0.15) is 5.69 Å². The van der Waals surface area contributed by atoms with Crippen molar-refractivity contribution in [3.63, 3.8) is 0 Å². The minimum absolute atomic E-state index is 0.131. The van der Waals surface area contributed by atoms with Crippen LogP contribution < -0.4 is 10.2 Å². The summed E-state index contributed by atoms with van der Waals surface area (Å²) in [4.78, 5) is 27.5. The van der Waals surface area contributed by atoms with Gasteiger partial charge in [-0.3, -0.25) is 14.9 Å². The molecule has 0 radical (unpaired) electrons. The van der Waals surface area contributed by atoms with Crippen LogP contribution in [0.3, 0.4) is 0 Å². The maximum absolute atomic E-state index is 12.7. The molecule has 7 nitrogen and oxygen atoms in total. The lowest BCUT2D eigenvalue weighted by molar-refractivity contribution is -0.384. The van der Waals surface area contributed by atoms with E-state index in [1.807, 2.05) is 15.9 Å². The number of piperidine rings is 1. The lowest BCUT2D eigenvalue weighted by atomic mass is 9.84. The molecule has 0 aromatic heterocycles. The van der Waals surface area contributed by atoms with Crippen molar-refractivity contribution in [2.45, 2.75) is 26.2 Å². The van der Waals surface area contributed by atoms with E-state index in [9.17, 15) is 14.9 Å². The van der Waals surface area contributed by atoms with Crippen LogP contribution >= 0.6 is 0 Å². The van der Waals surface area contributed by atoms with Crippen LogP contribution in [0.2, 0.25) is 0 Å². The first-order chi connectivity index (χ1) is 12.6. The number of nitrogens with zero attached hydrogens (tertiary/aromatic N) is 3. The topological polar surface area (TPSA) is 78.7 Å². The highest BCUT2D eigenvalue weighted by Gasteiger charge is 2.28. The lowest BCUT2D eigenvalue weighted by Crippen LogP contribution is -2.49. The number of amides is 1. The summed E-state index contributed by atoms with van der Waals surface area (Å²) in [5.74, 6) is 1.27. The quantitative estimate of drug-likeness (QED) is 0.644. The van der Waals surface area contributed by atoms with E-state index in [0.717, 1.165) is 25.9 Å². The van der Waals surface area contributed by atoms with Gasteiger partial charge in [-0.25, -0.2) is 0 Å². The van der Waals surface area contributed by atoms with Crippen molar-refractivity contribution in [3.8, 4) is 0 Å². The fourth-order valence-corrected chi connectivity index (χ4v) is 4.07. The normalized spacial score (nSPS) is 20.0. The van der Waals surface area contributed by atoms with Gasteiger partial charge in [-0.05, 0) is 43.8 Å². The average molecular weight is 360 g/mol. The molecule has 2 aliphatic rings. The summed E-state index contributed by atoms with van der Waals surface area (Å²) >= 11 is 0. The summed E-state index contributed by atoms with van der Waals surface area (Å²) in [7, 11) is 0. The van der Waals surface area contributed by atoms with Gasteiger partial charge in [-0.2, -0.15) is 0 Å². The summed E-state index contributed by atoms with van der Waals surface area (Å²) in [5, 5.41) is 14.6. The summed E-state index contributed by atoms with van der Waals surface area (Å²) < 4.78 is 0. The minimum atomic E-state index is -0.340. The van der Waals surface area contributed by atoms with Crippen molar-refractivity contribution in [3.05, 3.63) is 34.4 Å². The van der Waals surface area contributed by atoms with Crippen molar-refractivity contribution < 1.29 is 9.72 Å². The predicted octanol–water partition coefficient (Wildman–Crippen LogP) is 2.27. The Morgan fingerprint density at radius 3 is 2.54 bits per heavy atom. The molecule has 1 unspecified atom stereocenters. The van der Waals surface area contributed by atoms with Crippen molar-refractivity contribution in [1.82, 2.24) is 10.2 Å². The Balaban J connectivity index is 1.53. The number of nitro benzene ring substituents is 1. The number of hydrogen-bond acceptors (Lipinski definition) is 5. The fourth-order valence-electron chi connectivity index (χ4n) is 4.07. The second kappa shape index (κ2) is 8.49. The van der Waals surface area contributed by atoms with E-state index >= 15 is 0 Å². The summed E-state index contributed by atoms with van der Waals surface area (Å²) in [6.07, 6.45) is 2.91. The van der Waals surface area contributed by atoms with Gasteiger partial charge in [-0.1, -0.05) is 19.1 Å². The maximum Gasteiger partial charge on any atom is 0.292 e. The standard InChI is InChI=1S/C19H28N4O3/c1-15(16-6-8-20-9-7-16)14-19(24)22-12-10-21(11-13-22)17-4-2-3-5-18(17)23(25)26/h2-5,15-16,20H,6-14H2,1H3. The number of anilines is 1. The van der Waals surface area contributed by atoms with Gasteiger partial charge in [0.25, 0.3) is 5.69 Å². The number of carbonyl (C=O) groups is 1. The number of rotatable bonds is 5. The molecule has 2 fully saturated rings.